The molecule has 0 aliphatic carbocycles. The number of amides is 1. The van der Waals surface area contributed by atoms with E-state index in [0.717, 1.165) is 16.9 Å². The number of hydrogen-bond donors (Lipinski definition) is 1. The first kappa shape index (κ1) is 15.0. The summed E-state index contributed by atoms with van der Waals surface area (Å²) in [5, 5.41) is 10.8. The molecule has 1 aromatic heterocycles. The minimum atomic E-state index is -0.965. The number of esters is 1. The quantitative estimate of drug-likeness (QED) is 0.687. The molecule has 0 radical (unpaired) electrons. The van der Waals surface area contributed by atoms with Gasteiger partial charge in [-0.1, -0.05) is 23.5 Å². The van der Waals surface area contributed by atoms with Crippen molar-refractivity contribution in [2.45, 2.75) is 13.3 Å². The van der Waals surface area contributed by atoms with Crippen LogP contribution in [0.4, 0.5) is 9.52 Å². The van der Waals surface area contributed by atoms with Crippen LogP contribution in [0, 0.1) is 5.82 Å². The van der Waals surface area contributed by atoms with Gasteiger partial charge in [-0.15, -0.1) is 10.2 Å². The normalized spacial score (nSPS) is 10.2. The third kappa shape index (κ3) is 4.32. The predicted octanol–water partition coefficient (Wildman–Crippen LogP) is 1.77. The monoisotopic (exact) mass is 309 g/mol. The van der Waals surface area contributed by atoms with E-state index in [9.17, 15) is 14.0 Å². The summed E-state index contributed by atoms with van der Waals surface area (Å²) >= 11 is 1.14. The Bertz CT molecular complexity index is 642. The lowest BCUT2D eigenvalue weighted by atomic mass is 10.2. The van der Waals surface area contributed by atoms with Gasteiger partial charge in [-0.05, 0) is 24.6 Å². The molecule has 21 heavy (non-hydrogen) atoms. The number of nitrogens with zero attached hydrogens (tertiary/aromatic N) is 2. The van der Waals surface area contributed by atoms with Crippen molar-refractivity contribution in [1.29, 1.82) is 0 Å². The van der Waals surface area contributed by atoms with Crippen molar-refractivity contribution in [3.8, 4) is 0 Å². The molecule has 0 unspecified atom stereocenters. The van der Waals surface area contributed by atoms with E-state index >= 15 is 0 Å². The highest BCUT2D eigenvalue weighted by Gasteiger charge is 2.17. The zero-order valence-electron chi connectivity index (χ0n) is 11.1. The predicted molar refractivity (Wildman–Crippen MR) is 74.4 cm³/mol. The summed E-state index contributed by atoms with van der Waals surface area (Å²) in [6.07, 6.45) is 0.465. The molecule has 0 saturated carbocycles. The van der Waals surface area contributed by atoms with E-state index in [-0.39, 0.29) is 17.6 Å². The zero-order chi connectivity index (χ0) is 15.2. The molecule has 0 spiro atoms. The topological polar surface area (TPSA) is 81.2 Å². The number of carbonyl (C=O) groups excluding carboxylic acids is 2. The molecule has 8 heteroatoms. The first-order chi connectivity index (χ1) is 10.1. The van der Waals surface area contributed by atoms with Crippen LogP contribution in [-0.4, -0.2) is 28.7 Å². The SMILES string of the molecule is CCOC(=O)C(=O)Nc1nnc(Cc2ccc(F)cc2)s1. The Labute approximate surface area is 124 Å². The maximum Gasteiger partial charge on any atom is 0.397 e. The molecule has 0 aliphatic heterocycles. The van der Waals surface area contributed by atoms with E-state index in [2.05, 4.69) is 20.3 Å². The number of ether oxygens (including phenoxy) is 1. The van der Waals surface area contributed by atoms with Gasteiger partial charge in [-0.2, -0.15) is 0 Å². The van der Waals surface area contributed by atoms with Crippen molar-refractivity contribution in [2.75, 3.05) is 11.9 Å². The zero-order valence-corrected chi connectivity index (χ0v) is 11.9. The fourth-order valence-electron chi connectivity index (χ4n) is 1.50. The maximum atomic E-state index is 12.8. The molecule has 1 N–H and O–H groups in total. The molecule has 1 heterocycles. The Kier molecular flexibility index (Phi) is 4.94. The van der Waals surface area contributed by atoms with Gasteiger partial charge >= 0.3 is 11.9 Å². The Morgan fingerprint density at radius 3 is 2.67 bits per heavy atom. The summed E-state index contributed by atoms with van der Waals surface area (Å²) in [6, 6.07) is 6.01. The Hall–Kier alpha value is -2.35. The summed E-state index contributed by atoms with van der Waals surface area (Å²) in [7, 11) is 0. The molecule has 1 amide bonds. The smallest absolute Gasteiger partial charge is 0.397 e. The van der Waals surface area contributed by atoms with Crippen LogP contribution >= 0.6 is 11.3 Å². The molecule has 2 rings (SSSR count). The van der Waals surface area contributed by atoms with Gasteiger partial charge in [0.2, 0.25) is 5.13 Å². The van der Waals surface area contributed by atoms with E-state index in [1.807, 2.05) is 0 Å². The number of rotatable bonds is 4. The molecule has 6 nitrogen and oxygen atoms in total. The van der Waals surface area contributed by atoms with E-state index < -0.39 is 11.9 Å². The molecule has 0 saturated heterocycles. The van der Waals surface area contributed by atoms with Crippen molar-refractivity contribution in [1.82, 2.24) is 10.2 Å². The van der Waals surface area contributed by atoms with E-state index in [4.69, 9.17) is 0 Å². The van der Waals surface area contributed by atoms with Crippen LogP contribution in [0.25, 0.3) is 0 Å². The summed E-state index contributed by atoms with van der Waals surface area (Å²) in [6.45, 7) is 1.73. The van der Waals surface area contributed by atoms with E-state index in [0.29, 0.717) is 11.4 Å². The van der Waals surface area contributed by atoms with Crippen LogP contribution in [0.15, 0.2) is 24.3 Å². The molecule has 0 fully saturated rings. The fourth-order valence-corrected chi connectivity index (χ4v) is 2.27. The molecule has 2 aromatic rings. The second-order valence-corrected chi connectivity index (χ2v) is 5.04. The number of aromatic nitrogens is 2. The summed E-state index contributed by atoms with van der Waals surface area (Å²) < 4.78 is 17.4. The Morgan fingerprint density at radius 1 is 1.29 bits per heavy atom. The summed E-state index contributed by atoms with van der Waals surface area (Å²) in [5.74, 6) is -2.16. The number of halogens is 1. The third-order valence-electron chi connectivity index (χ3n) is 2.42. The van der Waals surface area contributed by atoms with Crippen molar-refractivity contribution in [3.05, 3.63) is 40.7 Å². The second-order valence-electron chi connectivity index (χ2n) is 3.98. The third-order valence-corrected chi connectivity index (χ3v) is 3.26. The highest BCUT2D eigenvalue weighted by atomic mass is 32.1. The molecular formula is C13H12FN3O3S. The summed E-state index contributed by atoms with van der Waals surface area (Å²) in [5.41, 5.74) is 0.871. The number of hydrogen-bond acceptors (Lipinski definition) is 6. The Balaban J connectivity index is 1.96. The minimum Gasteiger partial charge on any atom is -0.459 e. The largest absolute Gasteiger partial charge is 0.459 e. The van der Waals surface area contributed by atoms with Crippen LogP contribution in [-0.2, 0) is 20.7 Å². The van der Waals surface area contributed by atoms with Crippen molar-refractivity contribution < 1.29 is 18.7 Å². The van der Waals surface area contributed by atoms with E-state index in [1.165, 1.54) is 12.1 Å². The number of nitrogens with one attached hydrogen (secondary N) is 1. The van der Waals surface area contributed by atoms with Crippen LogP contribution in [0.3, 0.4) is 0 Å². The van der Waals surface area contributed by atoms with Gasteiger partial charge in [0, 0.05) is 6.42 Å². The highest BCUT2D eigenvalue weighted by molar-refractivity contribution is 7.15. The van der Waals surface area contributed by atoms with Gasteiger partial charge < -0.3 is 4.74 Å². The van der Waals surface area contributed by atoms with Gasteiger partial charge in [-0.25, -0.2) is 9.18 Å². The van der Waals surface area contributed by atoms with Crippen molar-refractivity contribution in [2.24, 2.45) is 0 Å². The lowest BCUT2D eigenvalue weighted by Crippen LogP contribution is -2.24. The van der Waals surface area contributed by atoms with Gasteiger partial charge in [-0.3, -0.25) is 10.1 Å². The fraction of sp³-hybridized carbons (Fsp3) is 0.231. The van der Waals surface area contributed by atoms with Crippen LogP contribution in [0.5, 0.6) is 0 Å². The van der Waals surface area contributed by atoms with Crippen molar-refractivity contribution >= 4 is 28.3 Å². The number of anilines is 1. The van der Waals surface area contributed by atoms with Gasteiger partial charge in [0.1, 0.15) is 10.8 Å². The molecule has 1 aromatic carbocycles. The first-order valence-corrected chi connectivity index (χ1v) is 6.95. The Morgan fingerprint density at radius 2 is 2.00 bits per heavy atom. The maximum absolute atomic E-state index is 12.8. The minimum absolute atomic E-state index is 0.123. The molecule has 110 valence electrons. The lowest BCUT2D eigenvalue weighted by molar-refractivity contribution is -0.152. The van der Waals surface area contributed by atoms with Crippen LogP contribution < -0.4 is 5.32 Å². The lowest BCUT2D eigenvalue weighted by Gasteiger charge is -1.99. The van der Waals surface area contributed by atoms with Crippen LogP contribution in [0.2, 0.25) is 0 Å². The standard InChI is InChI=1S/C13H12FN3O3S/c1-2-20-12(19)11(18)15-13-17-16-10(21-13)7-8-3-5-9(14)6-4-8/h3-6H,2,7H2,1H3,(H,15,17,18). The average molecular weight is 309 g/mol. The summed E-state index contributed by atoms with van der Waals surface area (Å²) in [4.78, 5) is 22.6. The highest BCUT2D eigenvalue weighted by Crippen LogP contribution is 2.18. The number of carbonyl (C=O) groups is 2. The van der Waals surface area contributed by atoms with E-state index in [1.54, 1.807) is 19.1 Å². The first-order valence-electron chi connectivity index (χ1n) is 6.13. The molecule has 0 bridgehead atoms. The molecule has 0 aliphatic rings. The second kappa shape index (κ2) is 6.89. The van der Waals surface area contributed by atoms with Gasteiger partial charge in [0.15, 0.2) is 0 Å². The molecular weight excluding hydrogens is 297 g/mol. The average Bonchev–Trinajstić information content (AvgIpc) is 2.89. The van der Waals surface area contributed by atoms with Crippen LogP contribution in [0.1, 0.15) is 17.5 Å². The molecule has 0 atom stereocenters. The van der Waals surface area contributed by atoms with Gasteiger partial charge in [0.25, 0.3) is 0 Å². The van der Waals surface area contributed by atoms with Crippen molar-refractivity contribution in [3.63, 3.8) is 0 Å². The number of benzene rings is 1. The van der Waals surface area contributed by atoms with Gasteiger partial charge in [0.05, 0.1) is 6.61 Å².